The zero-order valence-electron chi connectivity index (χ0n) is 12.9. The van der Waals surface area contributed by atoms with E-state index in [9.17, 15) is 4.79 Å². The third-order valence-electron chi connectivity index (χ3n) is 3.22. The largest absolute Gasteiger partial charge is 0.457 e. The highest BCUT2D eigenvalue weighted by molar-refractivity contribution is 5.96. The molecule has 2 rings (SSSR count). The second-order valence-electron chi connectivity index (χ2n) is 5.63. The Bertz CT molecular complexity index is 695. The van der Waals surface area contributed by atoms with E-state index >= 15 is 0 Å². The van der Waals surface area contributed by atoms with Crippen LogP contribution in [0.1, 0.15) is 19.4 Å². The van der Waals surface area contributed by atoms with Crippen molar-refractivity contribution in [2.45, 2.75) is 20.8 Å². The normalized spacial score (nSPS) is 10.6. The number of hydrogen-bond acceptors (Lipinski definition) is 3. The zero-order valence-corrected chi connectivity index (χ0v) is 12.9. The lowest BCUT2D eigenvalue weighted by Crippen LogP contribution is -2.29. The summed E-state index contributed by atoms with van der Waals surface area (Å²) in [6.45, 7) is 5.18. The first-order chi connectivity index (χ1) is 10.4. The molecule has 0 aliphatic carbocycles. The smallest absolute Gasteiger partial charge is 0.244 e. The summed E-state index contributed by atoms with van der Waals surface area (Å²) in [6.07, 6.45) is 0. The summed E-state index contributed by atoms with van der Waals surface area (Å²) in [6, 6.07) is 16.8. The first kappa shape index (κ1) is 15.6. The summed E-state index contributed by atoms with van der Waals surface area (Å²) >= 11 is 0. The van der Waals surface area contributed by atoms with E-state index in [4.69, 9.17) is 10.00 Å². The molecule has 0 bridgehead atoms. The third kappa shape index (κ3) is 3.86. The number of anilines is 1. The molecule has 0 radical (unpaired) electrons. The number of aryl methyl sites for hydroxylation is 1. The van der Waals surface area contributed by atoms with Gasteiger partial charge in [-0.1, -0.05) is 17.7 Å². The van der Waals surface area contributed by atoms with Crippen molar-refractivity contribution in [2.24, 2.45) is 5.41 Å². The minimum Gasteiger partial charge on any atom is -0.457 e. The molecule has 4 heteroatoms. The molecule has 0 aliphatic heterocycles. The van der Waals surface area contributed by atoms with E-state index in [2.05, 4.69) is 5.32 Å². The molecule has 0 saturated carbocycles. The fourth-order valence-corrected chi connectivity index (χ4v) is 1.69. The highest BCUT2D eigenvalue weighted by atomic mass is 16.5. The quantitative estimate of drug-likeness (QED) is 0.915. The van der Waals surface area contributed by atoms with E-state index in [0.29, 0.717) is 11.4 Å². The van der Waals surface area contributed by atoms with Crippen LogP contribution in [0.5, 0.6) is 11.5 Å². The highest BCUT2D eigenvalue weighted by Gasteiger charge is 2.27. The fraction of sp³-hybridized carbons (Fsp3) is 0.222. The number of nitrogens with one attached hydrogen (secondary N) is 1. The molecule has 112 valence electrons. The van der Waals surface area contributed by atoms with Crippen LogP contribution < -0.4 is 10.1 Å². The summed E-state index contributed by atoms with van der Waals surface area (Å²) in [5, 5.41) is 11.7. The second kappa shape index (κ2) is 6.31. The van der Waals surface area contributed by atoms with E-state index in [1.165, 1.54) is 5.56 Å². The maximum Gasteiger partial charge on any atom is 0.244 e. The zero-order chi connectivity index (χ0) is 16.2. The summed E-state index contributed by atoms with van der Waals surface area (Å²) in [7, 11) is 0. The molecule has 2 aromatic carbocycles. The van der Waals surface area contributed by atoms with E-state index in [-0.39, 0.29) is 5.91 Å². The van der Waals surface area contributed by atoms with E-state index in [1.807, 2.05) is 37.3 Å². The van der Waals surface area contributed by atoms with Crippen molar-refractivity contribution in [3.63, 3.8) is 0 Å². The first-order valence-corrected chi connectivity index (χ1v) is 6.98. The van der Waals surface area contributed by atoms with Crippen molar-refractivity contribution >= 4 is 11.6 Å². The van der Waals surface area contributed by atoms with Crippen LogP contribution in [0.25, 0.3) is 0 Å². The molecule has 22 heavy (non-hydrogen) atoms. The topological polar surface area (TPSA) is 62.1 Å². The standard InChI is InChI=1S/C18H18N2O2/c1-13-4-8-15(9-5-13)22-16-10-6-14(7-11-16)20-17(21)18(2,3)12-19/h4-11H,1-3H3,(H,20,21). The molecular weight excluding hydrogens is 276 g/mol. The molecule has 0 spiro atoms. The average Bonchev–Trinajstić information content (AvgIpc) is 2.51. The summed E-state index contributed by atoms with van der Waals surface area (Å²) in [5.41, 5.74) is 0.743. The minimum atomic E-state index is -1.06. The summed E-state index contributed by atoms with van der Waals surface area (Å²) in [5.74, 6) is 1.11. The van der Waals surface area contributed by atoms with E-state index in [0.717, 1.165) is 5.75 Å². The minimum absolute atomic E-state index is 0.331. The van der Waals surface area contributed by atoms with E-state index < -0.39 is 5.41 Å². The van der Waals surface area contributed by atoms with E-state index in [1.54, 1.807) is 38.1 Å². The van der Waals surface area contributed by atoms with Gasteiger partial charge in [0.05, 0.1) is 6.07 Å². The number of nitriles is 1. The lowest BCUT2D eigenvalue weighted by atomic mass is 9.94. The van der Waals surface area contributed by atoms with Crippen molar-refractivity contribution in [2.75, 3.05) is 5.32 Å². The van der Waals surface area contributed by atoms with Crippen LogP contribution in [0, 0.1) is 23.7 Å². The molecule has 0 saturated heterocycles. The molecule has 1 N–H and O–H groups in total. The van der Waals surface area contributed by atoms with Crippen LogP contribution in [-0.4, -0.2) is 5.91 Å². The molecule has 1 amide bonds. The number of hydrogen-bond donors (Lipinski definition) is 1. The van der Waals surface area contributed by atoms with Gasteiger partial charge in [0.1, 0.15) is 16.9 Å². The number of nitrogens with zero attached hydrogens (tertiary/aromatic N) is 1. The average molecular weight is 294 g/mol. The van der Waals surface area contributed by atoms with Gasteiger partial charge < -0.3 is 10.1 Å². The number of carbonyl (C=O) groups excluding carboxylic acids is 1. The van der Waals surface area contributed by atoms with Gasteiger partial charge in [0.2, 0.25) is 5.91 Å². The predicted molar refractivity (Wildman–Crippen MR) is 85.7 cm³/mol. The monoisotopic (exact) mass is 294 g/mol. The Morgan fingerprint density at radius 3 is 2.05 bits per heavy atom. The number of ether oxygens (including phenoxy) is 1. The molecule has 0 heterocycles. The van der Waals surface area contributed by atoms with Gasteiger partial charge in [0.15, 0.2) is 0 Å². The molecule has 0 atom stereocenters. The van der Waals surface area contributed by atoms with Crippen molar-refractivity contribution in [1.82, 2.24) is 0 Å². The Hall–Kier alpha value is -2.80. The van der Waals surface area contributed by atoms with Gasteiger partial charge in [-0.25, -0.2) is 0 Å². The Balaban J connectivity index is 2.03. The molecular formula is C18H18N2O2. The third-order valence-corrected chi connectivity index (χ3v) is 3.22. The van der Waals surface area contributed by atoms with Gasteiger partial charge >= 0.3 is 0 Å². The Labute approximate surface area is 130 Å². The second-order valence-corrected chi connectivity index (χ2v) is 5.63. The van der Waals surface area contributed by atoms with Crippen molar-refractivity contribution in [3.8, 4) is 17.6 Å². The van der Waals surface area contributed by atoms with Crippen molar-refractivity contribution in [3.05, 3.63) is 54.1 Å². The lowest BCUT2D eigenvalue weighted by Gasteiger charge is -2.15. The maximum absolute atomic E-state index is 11.9. The molecule has 2 aromatic rings. The van der Waals surface area contributed by atoms with Crippen LogP contribution in [0.4, 0.5) is 5.69 Å². The Morgan fingerprint density at radius 1 is 1.05 bits per heavy atom. The number of amides is 1. The van der Waals surface area contributed by atoms with Crippen LogP contribution in [0.2, 0.25) is 0 Å². The fourth-order valence-electron chi connectivity index (χ4n) is 1.69. The van der Waals surface area contributed by atoms with Gasteiger partial charge in [-0.3, -0.25) is 4.79 Å². The van der Waals surface area contributed by atoms with Gasteiger partial charge in [0, 0.05) is 5.69 Å². The van der Waals surface area contributed by atoms with Crippen LogP contribution in [-0.2, 0) is 4.79 Å². The number of benzene rings is 2. The lowest BCUT2D eigenvalue weighted by molar-refractivity contribution is -0.121. The molecule has 0 aliphatic rings. The number of rotatable bonds is 4. The van der Waals surface area contributed by atoms with Gasteiger partial charge in [-0.15, -0.1) is 0 Å². The summed E-state index contributed by atoms with van der Waals surface area (Å²) < 4.78 is 5.72. The molecule has 0 fully saturated rings. The molecule has 0 aromatic heterocycles. The van der Waals surface area contributed by atoms with Crippen molar-refractivity contribution in [1.29, 1.82) is 5.26 Å². The summed E-state index contributed by atoms with van der Waals surface area (Å²) in [4.78, 5) is 11.9. The highest BCUT2D eigenvalue weighted by Crippen LogP contribution is 2.24. The molecule has 0 unspecified atom stereocenters. The Kier molecular flexibility index (Phi) is 4.47. The predicted octanol–water partition coefficient (Wildman–Crippen LogP) is 4.28. The van der Waals surface area contributed by atoms with Crippen LogP contribution in [0.3, 0.4) is 0 Å². The van der Waals surface area contributed by atoms with Gasteiger partial charge in [-0.2, -0.15) is 5.26 Å². The first-order valence-electron chi connectivity index (χ1n) is 6.98. The van der Waals surface area contributed by atoms with Crippen molar-refractivity contribution < 1.29 is 9.53 Å². The van der Waals surface area contributed by atoms with Gasteiger partial charge in [0.25, 0.3) is 0 Å². The van der Waals surface area contributed by atoms with Crippen LogP contribution in [0.15, 0.2) is 48.5 Å². The molecule has 4 nitrogen and oxygen atoms in total. The SMILES string of the molecule is Cc1ccc(Oc2ccc(NC(=O)C(C)(C)C#N)cc2)cc1. The Morgan fingerprint density at radius 2 is 1.55 bits per heavy atom. The van der Waals surface area contributed by atoms with Gasteiger partial charge in [-0.05, 0) is 57.2 Å². The number of carbonyl (C=O) groups is 1. The maximum atomic E-state index is 11.9. The van der Waals surface area contributed by atoms with Crippen LogP contribution >= 0.6 is 0 Å².